The Morgan fingerprint density at radius 3 is 2.25 bits per heavy atom. The van der Waals surface area contributed by atoms with Gasteiger partial charge in [0.2, 0.25) is 0 Å². The first kappa shape index (κ1) is 14.3. The number of likely N-dealkylation sites (N-methyl/N-ethyl adjacent to an activating group) is 1. The van der Waals surface area contributed by atoms with Crippen molar-refractivity contribution in [2.75, 3.05) is 13.6 Å². The van der Waals surface area contributed by atoms with Gasteiger partial charge in [0.1, 0.15) is 0 Å². The smallest absolute Gasteiger partial charge is 0.253 e. The molecule has 0 aromatic heterocycles. The summed E-state index contributed by atoms with van der Waals surface area (Å²) in [6, 6.07) is 17.7. The van der Waals surface area contributed by atoms with Crippen molar-refractivity contribution < 1.29 is 4.79 Å². The predicted molar refractivity (Wildman–Crippen MR) is 81.4 cm³/mol. The monoisotopic (exact) mass is 268 g/mol. The van der Waals surface area contributed by atoms with E-state index >= 15 is 0 Å². The number of hydrogen-bond acceptors (Lipinski definition) is 2. The lowest BCUT2D eigenvalue weighted by atomic mass is 10.1. The van der Waals surface area contributed by atoms with E-state index in [0.717, 1.165) is 12.0 Å². The molecule has 0 bridgehead atoms. The highest BCUT2D eigenvalue weighted by atomic mass is 16.2. The van der Waals surface area contributed by atoms with Gasteiger partial charge in [-0.3, -0.25) is 4.79 Å². The molecule has 0 unspecified atom stereocenters. The van der Waals surface area contributed by atoms with Crippen molar-refractivity contribution in [2.24, 2.45) is 5.73 Å². The van der Waals surface area contributed by atoms with Crippen LogP contribution < -0.4 is 5.73 Å². The molecular weight excluding hydrogens is 248 g/mol. The van der Waals surface area contributed by atoms with Crippen molar-refractivity contribution in [3.05, 3.63) is 71.3 Å². The zero-order valence-corrected chi connectivity index (χ0v) is 11.8. The van der Waals surface area contributed by atoms with Crippen molar-refractivity contribution in [1.29, 1.82) is 0 Å². The largest absolute Gasteiger partial charge is 0.341 e. The maximum atomic E-state index is 12.3. The van der Waals surface area contributed by atoms with Crippen LogP contribution in [-0.4, -0.2) is 24.4 Å². The number of carbonyl (C=O) groups is 1. The lowest BCUT2D eigenvalue weighted by molar-refractivity contribution is 0.0796. The maximum absolute atomic E-state index is 12.3. The summed E-state index contributed by atoms with van der Waals surface area (Å²) < 4.78 is 0. The molecule has 2 aromatic carbocycles. The molecule has 2 aromatic rings. The molecule has 0 fully saturated rings. The fraction of sp³-hybridized carbons (Fsp3) is 0.235. The molecule has 1 amide bonds. The Kier molecular flexibility index (Phi) is 4.91. The van der Waals surface area contributed by atoms with Crippen LogP contribution >= 0.6 is 0 Å². The van der Waals surface area contributed by atoms with Gasteiger partial charge in [-0.1, -0.05) is 42.5 Å². The lowest BCUT2D eigenvalue weighted by Gasteiger charge is -2.17. The Morgan fingerprint density at radius 2 is 1.65 bits per heavy atom. The zero-order chi connectivity index (χ0) is 14.4. The van der Waals surface area contributed by atoms with E-state index in [1.807, 2.05) is 49.5 Å². The lowest BCUT2D eigenvalue weighted by Crippen LogP contribution is -2.28. The second-order valence-electron chi connectivity index (χ2n) is 4.86. The van der Waals surface area contributed by atoms with Gasteiger partial charge >= 0.3 is 0 Å². The van der Waals surface area contributed by atoms with Crippen LogP contribution in [0, 0.1) is 0 Å². The average molecular weight is 268 g/mol. The van der Waals surface area contributed by atoms with Crippen LogP contribution in [0.1, 0.15) is 21.5 Å². The van der Waals surface area contributed by atoms with Gasteiger partial charge in [0.15, 0.2) is 0 Å². The molecule has 0 saturated heterocycles. The van der Waals surface area contributed by atoms with E-state index < -0.39 is 0 Å². The molecule has 0 spiro atoms. The highest BCUT2D eigenvalue weighted by molar-refractivity contribution is 5.94. The molecule has 0 aliphatic carbocycles. The quantitative estimate of drug-likeness (QED) is 0.905. The van der Waals surface area contributed by atoms with Gasteiger partial charge in [-0.25, -0.2) is 0 Å². The number of hydrogen-bond donors (Lipinski definition) is 1. The number of nitrogens with two attached hydrogens (primary N) is 1. The maximum Gasteiger partial charge on any atom is 0.253 e. The van der Waals surface area contributed by atoms with E-state index in [0.29, 0.717) is 18.7 Å². The minimum absolute atomic E-state index is 0.0458. The summed E-state index contributed by atoms with van der Waals surface area (Å²) in [6.45, 7) is 1.21. The molecular formula is C17H20N2O. The van der Waals surface area contributed by atoms with Crippen LogP contribution in [0.3, 0.4) is 0 Å². The van der Waals surface area contributed by atoms with Crippen molar-refractivity contribution in [3.63, 3.8) is 0 Å². The number of rotatable bonds is 5. The Hall–Kier alpha value is -2.13. The Labute approximate surface area is 120 Å². The summed E-state index contributed by atoms with van der Waals surface area (Å²) in [4.78, 5) is 14.0. The number of benzene rings is 2. The highest BCUT2D eigenvalue weighted by Crippen LogP contribution is 2.08. The molecule has 3 heteroatoms. The summed E-state index contributed by atoms with van der Waals surface area (Å²) in [7, 11) is 1.84. The van der Waals surface area contributed by atoms with Crippen molar-refractivity contribution in [3.8, 4) is 0 Å². The Morgan fingerprint density at radius 1 is 1.00 bits per heavy atom. The minimum Gasteiger partial charge on any atom is -0.341 e. The molecule has 0 radical (unpaired) electrons. The van der Waals surface area contributed by atoms with Crippen molar-refractivity contribution in [1.82, 2.24) is 4.90 Å². The van der Waals surface area contributed by atoms with Gasteiger partial charge in [-0.15, -0.1) is 0 Å². The summed E-state index contributed by atoms with van der Waals surface area (Å²) >= 11 is 0. The van der Waals surface area contributed by atoms with Crippen LogP contribution in [0.2, 0.25) is 0 Å². The molecule has 20 heavy (non-hydrogen) atoms. The molecule has 0 aliphatic heterocycles. The molecule has 0 heterocycles. The van der Waals surface area contributed by atoms with E-state index in [1.165, 1.54) is 5.56 Å². The fourth-order valence-electron chi connectivity index (χ4n) is 2.05. The van der Waals surface area contributed by atoms with Crippen LogP contribution in [0.5, 0.6) is 0 Å². The van der Waals surface area contributed by atoms with Gasteiger partial charge < -0.3 is 10.6 Å². The van der Waals surface area contributed by atoms with Crippen LogP contribution in [-0.2, 0) is 13.0 Å². The van der Waals surface area contributed by atoms with Crippen molar-refractivity contribution in [2.45, 2.75) is 13.0 Å². The molecule has 0 atom stereocenters. The Balaban J connectivity index is 1.94. The molecule has 3 nitrogen and oxygen atoms in total. The van der Waals surface area contributed by atoms with Crippen LogP contribution in [0.25, 0.3) is 0 Å². The van der Waals surface area contributed by atoms with E-state index in [1.54, 1.807) is 4.90 Å². The van der Waals surface area contributed by atoms with Gasteiger partial charge in [-0.2, -0.15) is 0 Å². The Bertz CT molecular complexity index is 549. The summed E-state index contributed by atoms with van der Waals surface area (Å²) in [5.41, 5.74) is 8.54. The van der Waals surface area contributed by atoms with E-state index in [2.05, 4.69) is 12.1 Å². The summed E-state index contributed by atoms with van der Waals surface area (Å²) in [6.07, 6.45) is 0.865. The second-order valence-corrected chi connectivity index (χ2v) is 4.86. The summed E-state index contributed by atoms with van der Waals surface area (Å²) in [5.74, 6) is 0.0458. The SMILES string of the molecule is CN(CCc1ccccc1)C(=O)c1ccc(CN)cc1. The van der Waals surface area contributed by atoms with E-state index in [4.69, 9.17) is 5.73 Å². The topological polar surface area (TPSA) is 46.3 Å². The molecule has 0 aliphatic rings. The average Bonchev–Trinajstić information content (AvgIpc) is 2.53. The third kappa shape index (κ3) is 3.68. The molecule has 2 rings (SSSR count). The number of carbonyl (C=O) groups excluding carboxylic acids is 1. The van der Waals surface area contributed by atoms with Crippen LogP contribution in [0.4, 0.5) is 0 Å². The second kappa shape index (κ2) is 6.87. The van der Waals surface area contributed by atoms with Crippen LogP contribution in [0.15, 0.2) is 54.6 Å². The zero-order valence-electron chi connectivity index (χ0n) is 11.8. The van der Waals surface area contributed by atoms with Gasteiger partial charge in [0, 0.05) is 25.7 Å². The normalized spacial score (nSPS) is 10.3. The van der Waals surface area contributed by atoms with Gasteiger partial charge in [0.25, 0.3) is 5.91 Å². The van der Waals surface area contributed by atoms with Crippen molar-refractivity contribution >= 4 is 5.91 Å². The first-order valence-corrected chi connectivity index (χ1v) is 6.79. The minimum atomic E-state index is 0.0458. The first-order valence-electron chi connectivity index (χ1n) is 6.79. The standard InChI is InChI=1S/C17H20N2O/c1-19(12-11-14-5-3-2-4-6-14)17(20)16-9-7-15(13-18)8-10-16/h2-10H,11-13,18H2,1H3. The highest BCUT2D eigenvalue weighted by Gasteiger charge is 2.11. The molecule has 0 saturated carbocycles. The third-order valence-corrected chi connectivity index (χ3v) is 3.36. The first-order chi connectivity index (χ1) is 9.70. The van der Waals surface area contributed by atoms with E-state index in [-0.39, 0.29) is 5.91 Å². The fourth-order valence-corrected chi connectivity index (χ4v) is 2.05. The third-order valence-electron chi connectivity index (χ3n) is 3.36. The molecule has 2 N–H and O–H groups in total. The van der Waals surface area contributed by atoms with Gasteiger partial charge in [0.05, 0.1) is 0 Å². The molecule has 104 valence electrons. The van der Waals surface area contributed by atoms with Gasteiger partial charge in [-0.05, 0) is 29.7 Å². The number of nitrogens with zero attached hydrogens (tertiary/aromatic N) is 1. The number of amides is 1. The van der Waals surface area contributed by atoms with E-state index in [9.17, 15) is 4.79 Å². The predicted octanol–water partition coefficient (Wildman–Crippen LogP) is 2.46. The summed E-state index contributed by atoms with van der Waals surface area (Å²) in [5, 5.41) is 0.